The number of hydrogen-bond donors (Lipinski definition) is 2. The van der Waals surface area contributed by atoms with E-state index in [9.17, 15) is 14.0 Å². The normalized spacial score (nSPS) is 11.9. The summed E-state index contributed by atoms with van der Waals surface area (Å²) in [5, 5.41) is 5.47. The molecule has 1 aromatic rings. The van der Waals surface area contributed by atoms with Crippen molar-refractivity contribution in [1.82, 2.24) is 10.6 Å². The lowest BCUT2D eigenvalue weighted by Crippen LogP contribution is -2.44. The molecule has 0 aromatic heterocycles. The van der Waals surface area contributed by atoms with E-state index in [-0.39, 0.29) is 18.5 Å². The highest BCUT2D eigenvalue weighted by Crippen LogP contribution is 2.06. The third kappa shape index (κ3) is 6.56. The van der Waals surface area contributed by atoms with Crippen LogP contribution < -0.4 is 10.6 Å². The van der Waals surface area contributed by atoms with E-state index < -0.39 is 11.9 Å². The maximum atomic E-state index is 12.8. The molecule has 1 rings (SSSR count). The maximum absolute atomic E-state index is 12.8. The van der Waals surface area contributed by atoms with Gasteiger partial charge < -0.3 is 15.4 Å². The summed E-state index contributed by atoms with van der Waals surface area (Å²) in [5.41, 5.74) is 0.376. The molecule has 0 saturated carbocycles. The Balaban J connectivity index is 2.56. The number of carbonyl (C=O) groups is 2. The average molecular weight is 310 g/mol. The predicted octanol–water partition coefficient (Wildman–Crippen LogP) is 2.72. The largest absolute Gasteiger partial charge is 0.450 e. The van der Waals surface area contributed by atoms with Gasteiger partial charge in [0, 0.05) is 18.2 Å². The van der Waals surface area contributed by atoms with Crippen LogP contribution in [0, 0.1) is 11.7 Å². The van der Waals surface area contributed by atoms with E-state index in [1.165, 1.54) is 24.3 Å². The zero-order chi connectivity index (χ0) is 16.5. The Kier molecular flexibility index (Phi) is 7.36. The molecule has 22 heavy (non-hydrogen) atoms. The van der Waals surface area contributed by atoms with Gasteiger partial charge in [-0.05, 0) is 43.5 Å². The van der Waals surface area contributed by atoms with Crippen molar-refractivity contribution in [2.75, 3.05) is 13.2 Å². The van der Waals surface area contributed by atoms with Gasteiger partial charge in [0.25, 0.3) is 5.91 Å². The Morgan fingerprint density at radius 1 is 1.23 bits per heavy atom. The molecule has 122 valence electrons. The summed E-state index contributed by atoms with van der Waals surface area (Å²) in [6.07, 6.45) is 0.215. The van der Waals surface area contributed by atoms with Crippen LogP contribution in [0.1, 0.15) is 37.6 Å². The van der Waals surface area contributed by atoms with E-state index in [1.54, 1.807) is 6.92 Å². The van der Waals surface area contributed by atoms with E-state index in [1.807, 2.05) is 13.8 Å². The lowest BCUT2D eigenvalue weighted by atomic mass is 10.0. The maximum Gasteiger partial charge on any atom is 0.407 e. The Hall–Kier alpha value is -2.11. The summed E-state index contributed by atoms with van der Waals surface area (Å²) >= 11 is 0. The monoisotopic (exact) mass is 310 g/mol. The number of benzene rings is 1. The van der Waals surface area contributed by atoms with Gasteiger partial charge in [-0.15, -0.1) is 0 Å². The highest BCUT2D eigenvalue weighted by molar-refractivity contribution is 5.94. The van der Waals surface area contributed by atoms with Gasteiger partial charge >= 0.3 is 6.09 Å². The number of ether oxygens (including phenoxy) is 1. The Labute approximate surface area is 130 Å². The number of alkyl carbamates (subject to hydrolysis) is 1. The Morgan fingerprint density at radius 3 is 2.41 bits per heavy atom. The molecular weight excluding hydrogens is 287 g/mol. The van der Waals surface area contributed by atoms with Crippen LogP contribution in [0.15, 0.2) is 24.3 Å². The van der Waals surface area contributed by atoms with Crippen LogP contribution in [-0.4, -0.2) is 31.2 Å². The van der Waals surface area contributed by atoms with Gasteiger partial charge in [-0.2, -0.15) is 0 Å². The first kappa shape index (κ1) is 17.9. The van der Waals surface area contributed by atoms with Crippen molar-refractivity contribution in [2.45, 2.75) is 33.2 Å². The highest BCUT2D eigenvalue weighted by Gasteiger charge is 2.16. The molecule has 5 nitrogen and oxygen atoms in total. The molecule has 0 fully saturated rings. The second-order valence-corrected chi connectivity index (χ2v) is 5.41. The number of amides is 2. The van der Waals surface area contributed by atoms with E-state index in [0.717, 1.165) is 0 Å². The molecule has 0 saturated heterocycles. The smallest absolute Gasteiger partial charge is 0.407 e. The minimum absolute atomic E-state index is 0.219. The van der Waals surface area contributed by atoms with Crippen LogP contribution in [-0.2, 0) is 4.74 Å². The van der Waals surface area contributed by atoms with Gasteiger partial charge in [-0.25, -0.2) is 9.18 Å². The van der Waals surface area contributed by atoms with Gasteiger partial charge in [0.1, 0.15) is 5.82 Å². The molecule has 2 N–H and O–H groups in total. The summed E-state index contributed by atoms with van der Waals surface area (Å²) in [6.45, 7) is 6.37. The first-order valence-electron chi connectivity index (χ1n) is 7.39. The molecule has 2 amide bonds. The molecule has 0 aliphatic rings. The van der Waals surface area contributed by atoms with Crippen LogP contribution in [0.4, 0.5) is 9.18 Å². The second-order valence-electron chi connectivity index (χ2n) is 5.41. The third-order valence-electron chi connectivity index (χ3n) is 2.97. The van der Waals surface area contributed by atoms with Crippen LogP contribution in [0.5, 0.6) is 0 Å². The fourth-order valence-corrected chi connectivity index (χ4v) is 2.02. The summed E-state index contributed by atoms with van der Waals surface area (Å²) in [7, 11) is 0. The van der Waals surface area contributed by atoms with Crippen molar-refractivity contribution < 1.29 is 18.7 Å². The lowest BCUT2D eigenvalue weighted by molar-refractivity contribution is 0.0944. The summed E-state index contributed by atoms with van der Waals surface area (Å²) in [6, 6.07) is 5.08. The molecule has 0 aliphatic heterocycles. The number of hydrogen-bond acceptors (Lipinski definition) is 3. The van der Waals surface area contributed by atoms with Crippen LogP contribution >= 0.6 is 0 Å². The minimum atomic E-state index is -0.496. The van der Waals surface area contributed by atoms with Crippen molar-refractivity contribution in [3.05, 3.63) is 35.6 Å². The van der Waals surface area contributed by atoms with Crippen molar-refractivity contribution >= 4 is 12.0 Å². The van der Waals surface area contributed by atoms with Gasteiger partial charge in [-0.3, -0.25) is 4.79 Å². The average Bonchev–Trinajstić information content (AvgIpc) is 2.45. The van der Waals surface area contributed by atoms with E-state index in [2.05, 4.69) is 10.6 Å². The number of halogens is 1. The number of carbonyl (C=O) groups excluding carboxylic acids is 2. The molecule has 0 unspecified atom stereocenters. The first-order chi connectivity index (χ1) is 10.4. The van der Waals surface area contributed by atoms with Crippen molar-refractivity contribution in [1.29, 1.82) is 0 Å². The summed E-state index contributed by atoms with van der Waals surface area (Å²) < 4.78 is 17.7. The quantitative estimate of drug-likeness (QED) is 0.813. The molecule has 0 heterocycles. The molecule has 0 spiro atoms. The standard InChI is InChI=1S/C16H23FN2O3/c1-4-22-16(21)19-14(9-11(2)3)10-18-15(20)12-5-7-13(17)8-6-12/h5-8,11,14H,4,9-10H2,1-3H3,(H,18,20)(H,19,21)/t14-/m0/s1. The summed E-state index contributed by atoms with van der Waals surface area (Å²) in [5.74, 6) is -0.340. The van der Waals surface area contributed by atoms with Crippen molar-refractivity contribution in [3.63, 3.8) is 0 Å². The Morgan fingerprint density at radius 2 is 1.86 bits per heavy atom. The van der Waals surface area contributed by atoms with Crippen LogP contribution in [0.3, 0.4) is 0 Å². The first-order valence-corrected chi connectivity index (χ1v) is 7.39. The zero-order valence-electron chi connectivity index (χ0n) is 13.2. The molecule has 0 bridgehead atoms. The molecule has 1 aromatic carbocycles. The lowest BCUT2D eigenvalue weighted by Gasteiger charge is -2.20. The fraction of sp³-hybridized carbons (Fsp3) is 0.500. The molecule has 0 aliphatic carbocycles. The van der Waals surface area contributed by atoms with Gasteiger partial charge in [0.05, 0.1) is 6.61 Å². The minimum Gasteiger partial charge on any atom is -0.450 e. The van der Waals surface area contributed by atoms with Crippen molar-refractivity contribution in [2.24, 2.45) is 5.92 Å². The van der Waals surface area contributed by atoms with Gasteiger partial charge in [-0.1, -0.05) is 13.8 Å². The SMILES string of the molecule is CCOC(=O)N[C@H](CNC(=O)c1ccc(F)cc1)CC(C)C. The number of rotatable bonds is 7. The van der Waals surface area contributed by atoms with Crippen LogP contribution in [0.25, 0.3) is 0 Å². The van der Waals surface area contributed by atoms with Crippen LogP contribution in [0.2, 0.25) is 0 Å². The van der Waals surface area contributed by atoms with Gasteiger partial charge in [0.2, 0.25) is 0 Å². The Bertz CT molecular complexity index is 489. The zero-order valence-corrected chi connectivity index (χ0v) is 13.2. The van der Waals surface area contributed by atoms with Crippen molar-refractivity contribution in [3.8, 4) is 0 Å². The second kappa shape index (κ2) is 9.02. The third-order valence-corrected chi connectivity index (χ3v) is 2.97. The predicted molar refractivity (Wildman–Crippen MR) is 82.1 cm³/mol. The molecule has 6 heteroatoms. The molecular formula is C16H23FN2O3. The highest BCUT2D eigenvalue weighted by atomic mass is 19.1. The van der Waals surface area contributed by atoms with E-state index in [0.29, 0.717) is 24.5 Å². The van der Waals surface area contributed by atoms with E-state index >= 15 is 0 Å². The summed E-state index contributed by atoms with van der Waals surface area (Å²) in [4.78, 5) is 23.5. The number of nitrogens with one attached hydrogen (secondary N) is 2. The molecule has 1 atom stereocenters. The topological polar surface area (TPSA) is 67.4 Å². The fourth-order valence-electron chi connectivity index (χ4n) is 2.02. The van der Waals surface area contributed by atoms with Gasteiger partial charge in [0.15, 0.2) is 0 Å². The molecule has 0 radical (unpaired) electrons. The van der Waals surface area contributed by atoms with E-state index in [4.69, 9.17) is 4.74 Å².